The zero-order valence-corrected chi connectivity index (χ0v) is 20.2. The van der Waals surface area contributed by atoms with Crippen LogP contribution in [-0.2, 0) is 6.18 Å². The quantitative estimate of drug-likeness (QED) is 0.250. The molecule has 2 aliphatic rings. The summed E-state index contributed by atoms with van der Waals surface area (Å²) >= 11 is 0. The number of alkyl halides is 3. The van der Waals surface area contributed by atoms with Crippen LogP contribution in [0.4, 0.5) is 17.6 Å². The van der Waals surface area contributed by atoms with Crippen molar-refractivity contribution in [3.05, 3.63) is 23.5 Å². The zero-order chi connectivity index (χ0) is 23.8. The second kappa shape index (κ2) is 12.3. The van der Waals surface area contributed by atoms with E-state index in [9.17, 15) is 17.6 Å². The van der Waals surface area contributed by atoms with Gasteiger partial charge in [-0.15, -0.1) is 0 Å². The molecule has 3 rings (SSSR count). The van der Waals surface area contributed by atoms with E-state index in [0.29, 0.717) is 5.92 Å². The van der Waals surface area contributed by atoms with Gasteiger partial charge in [0.05, 0.1) is 13.2 Å². The molecule has 33 heavy (non-hydrogen) atoms. The molecular formula is C27H40F4O2. The highest BCUT2D eigenvalue weighted by molar-refractivity contribution is 5.44. The summed E-state index contributed by atoms with van der Waals surface area (Å²) in [6.07, 6.45) is 8.36. The number of benzene rings is 1. The predicted molar refractivity (Wildman–Crippen MR) is 123 cm³/mol. The van der Waals surface area contributed by atoms with Gasteiger partial charge in [-0.1, -0.05) is 65.2 Å². The molecule has 0 aromatic heterocycles. The van der Waals surface area contributed by atoms with Gasteiger partial charge in [0.15, 0.2) is 11.6 Å². The minimum Gasteiger partial charge on any atom is -0.493 e. The fourth-order valence-corrected chi connectivity index (χ4v) is 5.32. The molecule has 2 nitrogen and oxygen atoms in total. The molecule has 6 heteroatoms. The van der Waals surface area contributed by atoms with Gasteiger partial charge in [-0.2, -0.15) is 13.2 Å². The van der Waals surface area contributed by atoms with E-state index in [4.69, 9.17) is 9.47 Å². The first-order chi connectivity index (χ1) is 15.8. The molecule has 0 amide bonds. The van der Waals surface area contributed by atoms with Crippen molar-refractivity contribution in [2.24, 2.45) is 23.7 Å². The maximum Gasteiger partial charge on any atom is 0.422 e. The van der Waals surface area contributed by atoms with Crippen molar-refractivity contribution in [3.8, 4) is 11.5 Å². The highest BCUT2D eigenvalue weighted by Crippen LogP contribution is 2.42. The predicted octanol–water partition coefficient (Wildman–Crippen LogP) is 8.82. The average molecular weight is 473 g/mol. The van der Waals surface area contributed by atoms with E-state index in [1.165, 1.54) is 37.8 Å². The van der Waals surface area contributed by atoms with Gasteiger partial charge in [0.2, 0.25) is 0 Å². The Morgan fingerprint density at radius 1 is 0.788 bits per heavy atom. The third kappa shape index (κ3) is 7.78. The van der Waals surface area contributed by atoms with Gasteiger partial charge in [0.1, 0.15) is 11.3 Å². The standard InChI is InChI=1S/C27H40F4O2/c1-3-4-5-6-20-11-13-22(14-12-20)17-32-23-15-16-24(26(28)25(23)27(29,30)31)33-18-21-9-7-19(2)8-10-21/h15-16,19-22H,3-14,17-18H2,1-2H3. The van der Waals surface area contributed by atoms with Crippen LogP contribution in [0.5, 0.6) is 11.5 Å². The summed E-state index contributed by atoms with van der Waals surface area (Å²) < 4.78 is 67.1. The maximum absolute atomic E-state index is 14.9. The lowest BCUT2D eigenvalue weighted by atomic mass is 9.80. The van der Waals surface area contributed by atoms with Crippen molar-refractivity contribution in [3.63, 3.8) is 0 Å². The molecule has 0 heterocycles. The molecule has 0 radical (unpaired) electrons. The lowest BCUT2D eigenvalue weighted by molar-refractivity contribution is -0.141. The Morgan fingerprint density at radius 3 is 1.88 bits per heavy atom. The maximum atomic E-state index is 14.9. The summed E-state index contributed by atoms with van der Waals surface area (Å²) in [5, 5.41) is 0. The molecule has 2 fully saturated rings. The van der Waals surface area contributed by atoms with E-state index in [2.05, 4.69) is 13.8 Å². The van der Waals surface area contributed by atoms with Crippen molar-refractivity contribution < 1.29 is 27.0 Å². The monoisotopic (exact) mass is 472 g/mol. The molecule has 2 saturated carbocycles. The average Bonchev–Trinajstić information content (AvgIpc) is 2.78. The molecule has 0 bridgehead atoms. The zero-order valence-electron chi connectivity index (χ0n) is 20.2. The summed E-state index contributed by atoms with van der Waals surface area (Å²) in [4.78, 5) is 0. The van der Waals surface area contributed by atoms with Crippen molar-refractivity contribution >= 4 is 0 Å². The third-order valence-electron chi connectivity index (χ3n) is 7.62. The second-order valence-electron chi connectivity index (χ2n) is 10.4. The van der Waals surface area contributed by atoms with Crippen LogP contribution in [0.15, 0.2) is 12.1 Å². The normalized spacial score (nSPS) is 26.2. The Labute approximate surface area is 196 Å². The van der Waals surface area contributed by atoms with Crippen LogP contribution in [0.25, 0.3) is 0 Å². The van der Waals surface area contributed by atoms with Crippen LogP contribution in [0, 0.1) is 29.5 Å². The number of hydrogen-bond donors (Lipinski definition) is 0. The van der Waals surface area contributed by atoms with Crippen molar-refractivity contribution in [1.82, 2.24) is 0 Å². The van der Waals surface area contributed by atoms with Crippen LogP contribution in [0.2, 0.25) is 0 Å². The summed E-state index contributed by atoms with van der Waals surface area (Å²) in [6.45, 7) is 4.85. The van der Waals surface area contributed by atoms with Crippen molar-refractivity contribution in [2.75, 3.05) is 13.2 Å². The molecule has 188 valence electrons. The lowest BCUT2D eigenvalue weighted by Crippen LogP contribution is -2.22. The van der Waals surface area contributed by atoms with Crippen LogP contribution in [0.3, 0.4) is 0 Å². The first-order valence-electron chi connectivity index (χ1n) is 12.9. The molecule has 0 unspecified atom stereocenters. The number of hydrogen-bond acceptors (Lipinski definition) is 2. The smallest absolute Gasteiger partial charge is 0.422 e. The Kier molecular flexibility index (Phi) is 9.75. The molecule has 1 aromatic carbocycles. The van der Waals surface area contributed by atoms with Gasteiger partial charge in [-0.3, -0.25) is 0 Å². The van der Waals surface area contributed by atoms with Gasteiger partial charge < -0.3 is 9.47 Å². The van der Waals surface area contributed by atoms with E-state index in [-0.39, 0.29) is 30.8 Å². The van der Waals surface area contributed by atoms with Gasteiger partial charge >= 0.3 is 6.18 Å². The highest BCUT2D eigenvalue weighted by Gasteiger charge is 2.40. The SMILES string of the molecule is CCCCCC1CCC(COc2ccc(OCC3CCC(C)CC3)c(F)c2C(F)(F)F)CC1. The molecule has 0 N–H and O–H groups in total. The van der Waals surface area contributed by atoms with Crippen molar-refractivity contribution in [1.29, 1.82) is 0 Å². The molecule has 0 saturated heterocycles. The molecule has 0 atom stereocenters. The summed E-state index contributed by atoms with van der Waals surface area (Å²) in [5.41, 5.74) is -1.34. The Balaban J connectivity index is 1.56. The summed E-state index contributed by atoms with van der Waals surface area (Å²) in [6, 6.07) is 2.51. The molecule has 2 aliphatic carbocycles. The largest absolute Gasteiger partial charge is 0.493 e. The molecular weight excluding hydrogens is 432 g/mol. The number of halogens is 4. The molecule has 1 aromatic rings. The topological polar surface area (TPSA) is 18.5 Å². The minimum absolute atomic E-state index is 0.199. The van der Waals surface area contributed by atoms with E-state index < -0.39 is 23.3 Å². The van der Waals surface area contributed by atoms with E-state index in [1.807, 2.05) is 0 Å². The summed E-state index contributed by atoms with van der Waals surface area (Å²) in [7, 11) is 0. The Bertz CT molecular complexity index is 718. The van der Waals surface area contributed by atoms with Crippen LogP contribution < -0.4 is 9.47 Å². The van der Waals surface area contributed by atoms with E-state index >= 15 is 0 Å². The van der Waals surface area contributed by atoms with Crippen molar-refractivity contribution in [2.45, 2.75) is 97.1 Å². The third-order valence-corrected chi connectivity index (χ3v) is 7.62. The van der Waals surface area contributed by atoms with Crippen LogP contribution in [-0.4, -0.2) is 13.2 Å². The summed E-state index contributed by atoms with van der Waals surface area (Å²) in [5.74, 6) is -0.236. The lowest BCUT2D eigenvalue weighted by Gasteiger charge is -2.29. The van der Waals surface area contributed by atoms with E-state index in [0.717, 1.165) is 57.3 Å². The fraction of sp³-hybridized carbons (Fsp3) is 0.778. The van der Waals surface area contributed by atoms with Gasteiger partial charge in [-0.05, 0) is 61.5 Å². The van der Waals surface area contributed by atoms with Crippen LogP contribution in [0.1, 0.15) is 96.5 Å². The Hall–Kier alpha value is -1.46. The highest BCUT2D eigenvalue weighted by atomic mass is 19.4. The number of ether oxygens (including phenoxy) is 2. The first-order valence-corrected chi connectivity index (χ1v) is 12.9. The van der Waals surface area contributed by atoms with Gasteiger partial charge in [0.25, 0.3) is 0 Å². The van der Waals surface area contributed by atoms with Crippen LogP contribution >= 0.6 is 0 Å². The van der Waals surface area contributed by atoms with Gasteiger partial charge in [-0.25, -0.2) is 4.39 Å². The number of unbranched alkanes of at least 4 members (excludes halogenated alkanes) is 2. The second-order valence-corrected chi connectivity index (χ2v) is 10.4. The van der Waals surface area contributed by atoms with E-state index in [1.54, 1.807) is 0 Å². The molecule has 0 spiro atoms. The molecule has 0 aliphatic heterocycles. The fourth-order valence-electron chi connectivity index (χ4n) is 5.32. The minimum atomic E-state index is -4.84. The number of rotatable bonds is 10. The first kappa shape index (κ1) is 26.2. The Morgan fingerprint density at radius 2 is 1.30 bits per heavy atom. The van der Waals surface area contributed by atoms with Gasteiger partial charge in [0, 0.05) is 0 Å².